The van der Waals surface area contributed by atoms with E-state index in [-0.39, 0.29) is 11.6 Å². The zero-order valence-electron chi connectivity index (χ0n) is 7.60. The van der Waals surface area contributed by atoms with Crippen LogP contribution in [0.5, 0.6) is 5.75 Å². The molecule has 0 amide bonds. The molecule has 4 heteroatoms. The van der Waals surface area contributed by atoms with Gasteiger partial charge in [-0.25, -0.2) is 4.79 Å². The Bertz CT molecular complexity index is 392. The van der Waals surface area contributed by atoms with Crippen LogP contribution >= 0.6 is 0 Å². The van der Waals surface area contributed by atoms with Crippen LogP contribution in [0.1, 0.15) is 5.56 Å². The smallest absolute Gasteiger partial charge is 0.243 e. The van der Waals surface area contributed by atoms with Gasteiger partial charge in [0.1, 0.15) is 5.75 Å². The minimum Gasteiger partial charge on any atom is -0.507 e. The molecule has 72 valence electrons. The van der Waals surface area contributed by atoms with Crippen molar-refractivity contribution in [3.8, 4) is 5.75 Å². The predicted molar refractivity (Wildman–Crippen MR) is 51.2 cm³/mol. The van der Waals surface area contributed by atoms with Gasteiger partial charge in [-0.3, -0.25) is 0 Å². The molecule has 0 saturated heterocycles. The summed E-state index contributed by atoms with van der Waals surface area (Å²) in [5, 5.41) is 9.38. The number of aliphatic imine (C=N–C) groups is 1. The van der Waals surface area contributed by atoms with Gasteiger partial charge in [0.05, 0.1) is 7.11 Å². The van der Waals surface area contributed by atoms with E-state index in [9.17, 15) is 9.90 Å². The van der Waals surface area contributed by atoms with Crippen molar-refractivity contribution in [3.63, 3.8) is 0 Å². The molecule has 0 aliphatic rings. The Morgan fingerprint density at radius 3 is 2.86 bits per heavy atom. The fraction of sp³-hybridized carbons (Fsp3) is 0.100. The fourth-order valence-electron chi connectivity index (χ4n) is 0.924. The molecule has 0 bridgehead atoms. The minimum absolute atomic E-state index is 0.0986. The number of aromatic hydroxyl groups is 1. The summed E-state index contributed by atoms with van der Waals surface area (Å²) in [5.74, 6) is 0.199. The van der Waals surface area contributed by atoms with Gasteiger partial charge in [0.25, 0.3) is 0 Å². The molecule has 1 N–H and O–H groups in total. The van der Waals surface area contributed by atoms with Gasteiger partial charge < -0.3 is 9.84 Å². The first-order chi connectivity index (χ1) is 6.77. The van der Waals surface area contributed by atoms with Gasteiger partial charge in [-0.15, -0.1) is 4.99 Å². The lowest BCUT2D eigenvalue weighted by atomic mass is 10.2. The third kappa shape index (κ3) is 2.47. The SMILES string of the molecule is COC(=Cc1ccccc1O)N=C=O. The highest BCUT2D eigenvalue weighted by atomic mass is 16.5. The zero-order chi connectivity index (χ0) is 10.4. The van der Waals surface area contributed by atoms with E-state index in [1.54, 1.807) is 18.2 Å². The predicted octanol–water partition coefficient (Wildman–Crippen LogP) is 1.67. The average molecular weight is 191 g/mol. The maximum atomic E-state index is 9.97. The number of methoxy groups -OCH3 is 1. The molecule has 0 radical (unpaired) electrons. The number of nitrogens with zero attached hydrogens (tertiary/aromatic N) is 1. The van der Waals surface area contributed by atoms with Crippen LogP contribution in [0.3, 0.4) is 0 Å². The summed E-state index contributed by atoms with van der Waals surface area (Å²) < 4.78 is 4.77. The highest BCUT2D eigenvalue weighted by Crippen LogP contribution is 2.19. The molecular weight excluding hydrogens is 182 g/mol. The van der Waals surface area contributed by atoms with E-state index in [2.05, 4.69) is 4.99 Å². The summed E-state index contributed by atoms with van der Waals surface area (Å²) in [7, 11) is 1.38. The van der Waals surface area contributed by atoms with Crippen LogP contribution < -0.4 is 0 Å². The molecule has 0 spiro atoms. The number of para-hydroxylation sites is 1. The van der Waals surface area contributed by atoms with Gasteiger partial charge in [0.2, 0.25) is 12.0 Å². The van der Waals surface area contributed by atoms with E-state index in [0.717, 1.165) is 0 Å². The second kappa shape index (κ2) is 4.84. The molecule has 4 nitrogen and oxygen atoms in total. The maximum Gasteiger partial charge on any atom is 0.243 e. The summed E-state index contributed by atoms with van der Waals surface area (Å²) in [6.45, 7) is 0. The summed E-state index contributed by atoms with van der Waals surface area (Å²) in [6.07, 6.45) is 2.80. The molecule has 0 aliphatic heterocycles. The van der Waals surface area contributed by atoms with Crippen molar-refractivity contribution in [2.75, 3.05) is 7.11 Å². The number of hydrogen-bond acceptors (Lipinski definition) is 4. The lowest BCUT2D eigenvalue weighted by Gasteiger charge is -1.99. The summed E-state index contributed by atoms with van der Waals surface area (Å²) in [5.41, 5.74) is 0.531. The van der Waals surface area contributed by atoms with Crippen LogP contribution in [0.25, 0.3) is 6.08 Å². The number of phenolic OH excluding ortho intramolecular Hbond substituents is 1. The highest BCUT2D eigenvalue weighted by Gasteiger charge is 1.98. The summed E-state index contributed by atoms with van der Waals surface area (Å²) in [6, 6.07) is 6.66. The van der Waals surface area contributed by atoms with Crippen LogP contribution in [-0.4, -0.2) is 18.3 Å². The van der Waals surface area contributed by atoms with Gasteiger partial charge >= 0.3 is 0 Å². The van der Waals surface area contributed by atoms with E-state index in [4.69, 9.17) is 4.74 Å². The molecule has 1 rings (SSSR count). The molecule has 0 saturated carbocycles. The van der Waals surface area contributed by atoms with Crippen molar-refractivity contribution < 1.29 is 14.6 Å². The third-order valence-electron chi connectivity index (χ3n) is 1.58. The first kappa shape index (κ1) is 10.0. The number of rotatable bonds is 3. The Hall–Kier alpha value is -2.06. The molecule has 1 aromatic rings. The maximum absolute atomic E-state index is 9.97. The molecule has 0 unspecified atom stereocenters. The number of ether oxygens (including phenoxy) is 1. The quantitative estimate of drug-likeness (QED) is 0.449. The van der Waals surface area contributed by atoms with E-state index in [1.165, 1.54) is 25.3 Å². The van der Waals surface area contributed by atoms with Gasteiger partial charge in [0.15, 0.2) is 0 Å². The van der Waals surface area contributed by atoms with Gasteiger partial charge in [-0.1, -0.05) is 18.2 Å². The Labute approximate surface area is 81.2 Å². The van der Waals surface area contributed by atoms with Crippen molar-refractivity contribution in [1.82, 2.24) is 0 Å². The summed E-state index contributed by atoms with van der Waals surface area (Å²) in [4.78, 5) is 13.3. The average Bonchev–Trinajstić information content (AvgIpc) is 2.20. The Kier molecular flexibility index (Phi) is 3.47. The van der Waals surface area contributed by atoms with Crippen molar-refractivity contribution >= 4 is 12.2 Å². The normalized spacial score (nSPS) is 10.5. The van der Waals surface area contributed by atoms with E-state index in [1.807, 2.05) is 0 Å². The Morgan fingerprint density at radius 2 is 2.29 bits per heavy atom. The fourth-order valence-corrected chi connectivity index (χ4v) is 0.924. The van der Waals surface area contributed by atoms with Crippen molar-refractivity contribution in [1.29, 1.82) is 0 Å². The van der Waals surface area contributed by atoms with Gasteiger partial charge in [-0.2, -0.15) is 0 Å². The largest absolute Gasteiger partial charge is 0.507 e. The second-order valence-corrected chi connectivity index (χ2v) is 2.45. The van der Waals surface area contributed by atoms with Crippen LogP contribution in [0.2, 0.25) is 0 Å². The number of hydrogen-bond donors (Lipinski definition) is 1. The Morgan fingerprint density at radius 1 is 1.57 bits per heavy atom. The molecule has 0 fully saturated rings. The lowest BCUT2D eigenvalue weighted by molar-refractivity contribution is 0.292. The summed E-state index contributed by atoms with van der Waals surface area (Å²) >= 11 is 0. The number of carbonyl (C=O) groups excluding carboxylic acids is 1. The van der Waals surface area contributed by atoms with E-state index in [0.29, 0.717) is 5.56 Å². The molecule has 0 aliphatic carbocycles. The number of phenols is 1. The van der Waals surface area contributed by atoms with Crippen molar-refractivity contribution in [2.45, 2.75) is 0 Å². The standard InChI is InChI=1S/C10H9NO3/c1-14-10(11-7-12)6-8-4-2-3-5-9(8)13/h2-6,13H,1H3. The molecule has 1 aromatic carbocycles. The van der Waals surface area contributed by atoms with Gasteiger partial charge in [-0.05, 0) is 6.07 Å². The Balaban J connectivity index is 3.06. The second-order valence-electron chi connectivity index (χ2n) is 2.45. The number of benzene rings is 1. The van der Waals surface area contributed by atoms with Crippen LogP contribution in [0, 0.1) is 0 Å². The first-order valence-electron chi connectivity index (χ1n) is 3.89. The van der Waals surface area contributed by atoms with Crippen LogP contribution in [-0.2, 0) is 9.53 Å². The highest BCUT2D eigenvalue weighted by molar-refractivity contribution is 5.59. The zero-order valence-corrected chi connectivity index (χ0v) is 7.60. The molecule has 0 atom stereocenters. The van der Waals surface area contributed by atoms with E-state index >= 15 is 0 Å². The van der Waals surface area contributed by atoms with E-state index < -0.39 is 0 Å². The molecule has 0 aromatic heterocycles. The topological polar surface area (TPSA) is 58.9 Å². The van der Waals surface area contributed by atoms with Crippen molar-refractivity contribution in [2.24, 2.45) is 4.99 Å². The van der Waals surface area contributed by atoms with Gasteiger partial charge in [0, 0.05) is 11.6 Å². The van der Waals surface area contributed by atoms with Crippen LogP contribution in [0.4, 0.5) is 0 Å². The lowest BCUT2D eigenvalue weighted by Crippen LogP contribution is -1.82. The van der Waals surface area contributed by atoms with Crippen molar-refractivity contribution in [3.05, 3.63) is 35.7 Å². The minimum atomic E-state index is 0.0986. The molecular formula is C10H9NO3. The third-order valence-corrected chi connectivity index (χ3v) is 1.58. The molecule has 14 heavy (non-hydrogen) atoms. The number of isocyanates is 1. The molecule has 0 heterocycles. The monoisotopic (exact) mass is 191 g/mol. The first-order valence-corrected chi connectivity index (χ1v) is 3.89. The van der Waals surface area contributed by atoms with Crippen LogP contribution in [0.15, 0.2) is 35.1 Å².